The minimum absolute atomic E-state index is 0.178. The van der Waals surface area contributed by atoms with Crippen molar-refractivity contribution in [1.29, 1.82) is 0 Å². The van der Waals surface area contributed by atoms with Crippen LogP contribution < -0.4 is 0 Å². The lowest BCUT2D eigenvalue weighted by Crippen LogP contribution is -2.47. The zero-order valence-electron chi connectivity index (χ0n) is 9.62. The third-order valence-corrected chi connectivity index (χ3v) is 2.22. The van der Waals surface area contributed by atoms with Crippen LogP contribution in [0.1, 0.15) is 6.92 Å². The largest absolute Gasteiger partial charge is 0.673 e. The first-order valence-corrected chi connectivity index (χ1v) is 4.92. The van der Waals surface area contributed by atoms with Crippen molar-refractivity contribution < 1.29 is 31.6 Å². The maximum absolute atomic E-state index is 10.6. The van der Waals surface area contributed by atoms with E-state index >= 15 is 0 Å². The summed E-state index contributed by atoms with van der Waals surface area (Å²) in [6.07, 6.45) is 3.89. The molecule has 1 atom stereocenters. The molecule has 1 aliphatic heterocycles. The van der Waals surface area contributed by atoms with Gasteiger partial charge in [-0.05, 0) is 6.92 Å². The minimum Gasteiger partial charge on any atom is -0.477 e. The molecule has 1 unspecified atom stereocenters. The molecule has 1 N–H and O–H groups in total. The smallest absolute Gasteiger partial charge is 0.477 e. The van der Waals surface area contributed by atoms with Gasteiger partial charge >= 0.3 is 13.2 Å². The SMILES string of the molecule is CC[N+]1(CC(=O)O)C=CN(C)C1.F[B-](F)(F)F. The Kier molecular flexibility index (Phi) is 5.47. The van der Waals surface area contributed by atoms with Crippen LogP contribution in [0.4, 0.5) is 17.3 Å². The second-order valence-corrected chi connectivity index (χ2v) is 3.78. The summed E-state index contributed by atoms with van der Waals surface area (Å²) in [6.45, 7) is 3.78. The molecule has 4 nitrogen and oxygen atoms in total. The molecule has 9 heteroatoms. The number of aliphatic carboxylic acids is 1. The molecule has 17 heavy (non-hydrogen) atoms. The Morgan fingerprint density at radius 2 is 1.94 bits per heavy atom. The van der Waals surface area contributed by atoms with Gasteiger partial charge in [0.05, 0.1) is 12.7 Å². The molecule has 0 saturated carbocycles. The highest BCUT2D eigenvalue weighted by Crippen LogP contribution is 2.15. The second kappa shape index (κ2) is 5.90. The number of rotatable bonds is 3. The fourth-order valence-corrected chi connectivity index (χ4v) is 1.48. The predicted molar refractivity (Wildman–Crippen MR) is 55.3 cm³/mol. The normalized spacial score (nSPS) is 23.3. The molecule has 0 radical (unpaired) electrons. The van der Waals surface area contributed by atoms with E-state index in [-0.39, 0.29) is 6.54 Å². The summed E-state index contributed by atoms with van der Waals surface area (Å²) in [6, 6.07) is 0. The van der Waals surface area contributed by atoms with Gasteiger partial charge in [-0.25, -0.2) is 4.79 Å². The number of halogens is 4. The van der Waals surface area contributed by atoms with Crippen molar-refractivity contribution >= 4 is 13.2 Å². The first-order valence-electron chi connectivity index (χ1n) is 4.92. The lowest BCUT2D eigenvalue weighted by molar-refractivity contribution is -0.872. The van der Waals surface area contributed by atoms with Gasteiger partial charge in [0.1, 0.15) is 6.20 Å². The number of likely N-dealkylation sites (N-methyl/N-ethyl adjacent to an activating group) is 1. The number of carbonyl (C=O) groups is 1. The Balaban J connectivity index is 0.000000437. The molecule has 100 valence electrons. The molecular weight excluding hydrogens is 243 g/mol. The van der Waals surface area contributed by atoms with Crippen LogP contribution in [0.3, 0.4) is 0 Å². The van der Waals surface area contributed by atoms with E-state index in [0.29, 0.717) is 4.48 Å². The van der Waals surface area contributed by atoms with E-state index in [9.17, 15) is 22.1 Å². The number of hydrogen-bond acceptors (Lipinski definition) is 2. The van der Waals surface area contributed by atoms with Gasteiger partial charge in [-0.15, -0.1) is 0 Å². The average molecular weight is 258 g/mol. The standard InChI is InChI=1S/C8H14N2O2.BF4/c1-3-10(6-8(11)12)5-4-9(2)7-10;2-1(3,4)5/h4-5H,3,6-7H2,1-2H3;/q;-1/p+1. The summed E-state index contributed by atoms with van der Waals surface area (Å²) in [7, 11) is -4.05. The Hall–Kier alpha value is -1.25. The van der Waals surface area contributed by atoms with Crippen molar-refractivity contribution in [2.75, 3.05) is 26.8 Å². The van der Waals surface area contributed by atoms with Crippen LogP contribution >= 0.6 is 0 Å². The van der Waals surface area contributed by atoms with Gasteiger partial charge in [-0.2, -0.15) is 0 Å². The van der Waals surface area contributed by atoms with Gasteiger partial charge in [-0.3, -0.25) is 4.48 Å². The molecule has 0 amide bonds. The first kappa shape index (κ1) is 15.8. The molecule has 1 heterocycles. The lowest BCUT2D eigenvalue weighted by Gasteiger charge is -2.29. The van der Waals surface area contributed by atoms with Crippen LogP contribution in [0.5, 0.6) is 0 Å². The highest BCUT2D eigenvalue weighted by Gasteiger charge is 2.31. The van der Waals surface area contributed by atoms with E-state index in [4.69, 9.17) is 5.11 Å². The van der Waals surface area contributed by atoms with Gasteiger partial charge < -0.3 is 27.3 Å². The topological polar surface area (TPSA) is 40.5 Å². The van der Waals surface area contributed by atoms with Crippen molar-refractivity contribution in [1.82, 2.24) is 4.90 Å². The second-order valence-electron chi connectivity index (χ2n) is 3.78. The van der Waals surface area contributed by atoms with Crippen LogP contribution in [0.2, 0.25) is 0 Å². The number of nitrogens with zero attached hydrogens (tertiary/aromatic N) is 2. The Morgan fingerprint density at radius 3 is 2.18 bits per heavy atom. The summed E-state index contributed by atoms with van der Waals surface area (Å²) in [5.74, 6) is -0.739. The fourth-order valence-electron chi connectivity index (χ4n) is 1.48. The van der Waals surface area contributed by atoms with Gasteiger partial charge in [0.25, 0.3) is 0 Å². The average Bonchev–Trinajstić information content (AvgIpc) is 2.44. The summed E-state index contributed by atoms with van der Waals surface area (Å²) >= 11 is 0. The molecule has 0 aromatic carbocycles. The Morgan fingerprint density at radius 1 is 1.47 bits per heavy atom. The molecule has 0 aliphatic carbocycles. The van der Waals surface area contributed by atoms with Crippen molar-refractivity contribution in [3.05, 3.63) is 12.4 Å². The van der Waals surface area contributed by atoms with Crippen LogP contribution in [-0.2, 0) is 4.79 Å². The Labute approximate surface area is 96.8 Å². The van der Waals surface area contributed by atoms with Crippen LogP contribution in [0.25, 0.3) is 0 Å². The van der Waals surface area contributed by atoms with E-state index < -0.39 is 13.2 Å². The molecule has 0 aromatic heterocycles. The zero-order chi connectivity index (χ0) is 13.7. The maximum atomic E-state index is 10.6. The minimum atomic E-state index is -6.00. The number of hydrogen-bond donors (Lipinski definition) is 1. The zero-order valence-corrected chi connectivity index (χ0v) is 9.62. The summed E-state index contributed by atoms with van der Waals surface area (Å²) in [5.41, 5.74) is 0. The predicted octanol–water partition coefficient (Wildman–Crippen LogP) is 1.58. The quantitative estimate of drug-likeness (QED) is 0.474. The monoisotopic (exact) mass is 258 g/mol. The van der Waals surface area contributed by atoms with Crippen molar-refractivity contribution in [3.63, 3.8) is 0 Å². The van der Waals surface area contributed by atoms with Gasteiger partial charge in [0.15, 0.2) is 13.2 Å². The molecule has 1 rings (SSSR count). The van der Waals surface area contributed by atoms with E-state index in [0.717, 1.165) is 13.2 Å². The fraction of sp³-hybridized carbons (Fsp3) is 0.625. The summed E-state index contributed by atoms with van der Waals surface area (Å²) in [5, 5.41) is 8.69. The van der Waals surface area contributed by atoms with Gasteiger partial charge in [-0.1, -0.05) is 0 Å². The van der Waals surface area contributed by atoms with Gasteiger partial charge in [0, 0.05) is 7.05 Å². The summed E-state index contributed by atoms with van der Waals surface area (Å²) in [4.78, 5) is 12.6. The third kappa shape index (κ3) is 7.61. The van der Waals surface area contributed by atoms with Crippen LogP contribution in [0, 0.1) is 0 Å². The van der Waals surface area contributed by atoms with Crippen molar-refractivity contribution in [2.24, 2.45) is 0 Å². The van der Waals surface area contributed by atoms with Crippen molar-refractivity contribution in [3.8, 4) is 0 Å². The molecule has 0 fully saturated rings. The molecule has 0 bridgehead atoms. The number of quaternary nitrogens is 1. The van der Waals surface area contributed by atoms with Crippen LogP contribution in [-0.4, -0.2) is 54.5 Å². The first-order chi connectivity index (χ1) is 7.58. The molecule has 0 aromatic rings. The molecule has 1 aliphatic rings. The van der Waals surface area contributed by atoms with Gasteiger partial charge in [0.2, 0.25) is 0 Å². The summed E-state index contributed by atoms with van der Waals surface area (Å²) < 4.78 is 39.5. The number of carboxylic acids is 1. The number of carboxylic acid groups (broad SMARTS) is 1. The highest BCUT2D eigenvalue weighted by atomic mass is 19.5. The molecular formula is C8H15BF4N2O2. The third-order valence-electron chi connectivity index (χ3n) is 2.22. The van der Waals surface area contributed by atoms with Crippen LogP contribution in [0.15, 0.2) is 12.4 Å². The highest BCUT2D eigenvalue weighted by molar-refractivity contribution is 6.50. The molecule has 0 spiro atoms. The Bertz CT molecular complexity index is 292. The maximum Gasteiger partial charge on any atom is 0.673 e. The lowest BCUT2D eigenvalue weighted by atomic mass is 10.3. The van der Waals surface area contributed by atoms with E-state index in [1.54, 1.807) is 0 Å². The molecule has 0 saturated heterocycles. The van der Waals surface area contributed by atoms with E-state index in [1.165, 1.54) is 0 Å². The van der Waals surface area contributed by atoms with Crippen molar-refractivity contribution in [2.45, 2.75) is 6.92 Å². The van der Waals surface area contributed by atoms with E-state index in [2.05, 4.69) is 0 Å². The van der Waals surface area contributed by atoms with E-state index in [1.807, 2.05) is 31.3 Å².